The van der Waals surface area contributed by atoms with Crippen molar-refractivity contribution in [2.75, 3.05) is 19.6 Å². The van der Waals surface area contributed by atoms with Gasteiger partial charge in [0.05, 0.1) is 19.5 Å². The minimum absolute atomic E-state index is 0.00657. The summed E-state index contributed by atoms with van der Waals surface area (Å²) in [5.74, 6) is -0.159. The Labute approximate surface area is 119 Å². The number of halogens is 1. The number of carbonyl (C=O) groups excluding carboxylic acids is 1. The molecule has 0 aromatic heterocycles. The molecule has 1 heterocycles. The molecule has 1 aromatic carbocycles. The van der Waals surface area contributed by atoms with E-state index >= 15 is 0 Å². The quantitative estimate of drug-likeness (QED) is 0.830. The van der Waals surface area contributed by atoms with Gasteiger partial charge in [0.25, 0.3) is 0 Å². The Bertz CT molecular complexity index is 413. The zero-order valence-corrected chi connectivity index (χ0v) is 12.1. The molecule has 3 nitrogen and oxygen atoms in total. The average molecular weight is 283 g/mol. The molecule has 1 saturated heterocycles. The number of nitrogens with one attached hydrogen (secondary N) is 1. The summed E-state index contributed by atoms with van der Waals surface area (Å²) in [7, 11) is 0. The third kappa shape index (κ3) is 4.84. The molecule has 0 bridgehead atoms. The number of benzene rings is 1. The predicted octanol–water partition coefficient (Wildman–Crippen LogP) is 1.49. The van der Waals surface area contributed by atoms with Crippen molar-refractivity contribution in [2.45, 2.75) is 32.3 Å². The molecule has 1 aliphatic rings. The summed E-state index contributed by atoms with van der Waals surface area (Å²) in [6.45, 7) is 5.32. The van der Waals surface area contributed by atoms with Crippen LogP contribution in [0.5, 0.6) is 0 Å². The minimum Gasteiger partial charge on any atom is -0.456 e. The SMILES string of the molecule is C[C@@H](C[NH+]1CCCC1)OC(=O)Cc1ccc(Cl)cc1. The normalized spacial score (nSPS) is 17.4. The van der Waals surface area contributed by atoms with E-state index in [4.69, 9.17) is 16.3 Å². The molecular formula is C15H21ClNO2+. The smallest absolute Gasteiger partial charge is 0.310 e. The Kier molecular flexibility index (Phi) is 5.23. The zero-order chi connectivity index (χ0) is 13.7. The molecule has 4 heteroatoms. The Hall–Kier alpha value is -1.06. The van der Waals surface area contributed by atoms with Gasteiger partial charge >= 0.3 is 5.97 Å². The second-order valence-corrected chi connectivity index (χ2v) is 5.70. The Morgan fingerprint density at radius 3 is 2.58 bits per heavy atom. The third-order valence-electron chi connectivity index (χ3n) is 3.48. The van der Waals surface area contributed by atoms with Gasteiger partial charge < -0.3 is 9.64 Å². The first-order chi connectivity index (χ1) is 9.13. The number of esters is 1. The molecule has 1 fully saturated rings. The third-order valence-corrected chi connectivity index (χ3v) is 3.73. The summed E-state index contributed by atoms with van der Waals surface area (Å²) >= 11 is 5.81. The molecule has 0 unspecified atom stereocenters. The van der Waals surface area contributed by atoms with E-state index in [1.54, 1.807) is 17.0 Å². The molecule has 1 atom stereocenters. The van der Waals surface area contributed by atoms with Crippen molar-refractivity contribution in [3.63, 3.8) is 0 Å². The lowest BCUT2D eigenvalue weighted by molar-refractivity contribution is -0.890. The molecule has 0 aliphatic carbocycles. The summed E-state index contributed by atoms with van der Waals surface area (Å²) in [4.78, 5) is 13.4. The first kappa shape index (κ1) is 14.4. The van der Waals surface area contributed by atoms with Crippen LogP contribution in [0.4, 0.5) is 0 Å². The van der Waals surface area contributed by atoms with Gasteiger partial charge in [0.1, 0.15) is 12.6 Å². The van der Waals surface area contributed by atoms with Crippen LogP contribution >= 0.6 is 11.6 Å². The van der Waals surface area contributed by atoms with Gasteiger partial charge in [0.2, 0.25) is 0 Å². The predicted molar refractivity (Wildman–Crippen MR) is 75.5 cm³/mol. The largest absolute Gasteiger partial charge is 0.456 e. The van der Waals surface area contributed by atoms with Gasteiger partial charge in [-0.2, -0.15) is 0 Å². The number of quaternary nitrogens is 1. The van der Waals surface area contributed by atoms with Crippen LogP contribution < -0.4 is 4.90 Å². The molecule has 2 rings (SSSR count). The van der Waals surface area contributed by atoms with Gasteiger partial charge in [-0.3, -0.25) is 4.79 Å². The highest BCUT2D eigenvalue weighted by atomic mass is 35.5. The number of rotatable bonds is 5. The van der Waals surface area contributed by atoms with E-state index in [1.807, 2.05) is 19.1 Å². The van der Waals surface area contributed by atoms with Crippen molar-refractivity contribution in [1.82, 2.24) is 0 Å². The fraction of sp³-hybridized carbons (Fsp3) is 0.533. The van der Waals surface area contributed by atoms with Crippen LogP contribution in [-0.4, -0.2) is 31.7 Å². The fourth-order valence-electron chi connectivity index (χ4n) is 2.56. The second-order valence-electron chi connectivity index (χ2n) is 5.26. The summed E-state index contributed by atoms with van der Waals surface area (Å²) in [6.07, 6.45) is 2.89. The zero-order valence-electron chi connectivity index (χ0n) is 11.3. The summed E-state index contributed by atoms with van der Waals surface area (Å²) in [5, 5.41) is 0.683. The highest BCUT2D eigenvalue weighted by Gasteiger charge is 2.20. The van der Waals surface area contributed by atoms with Crippen LogP contribution in [0.15, 0.2) is 24.3 Å². The maximum atomic E-state index is 11.8. The molecular weight excluding hydrogens is 262 g/mol. The molecule has 19 heavy (non-hydrogen) atoms. The van der Waals surface area contributed by atoms with Gasteiger partial charge in [-0.25, -0.2) is 0 Å². The standard InChI is InChI=1S/C15H20ClNO2/c1-12(11-17-8-2-3-9-17)19-15(18)10-13-4-6-14(16)7-5-13/h4-7,12H,2-3,8-11H2,1H3/p+1/t12-/m0/s1. The number of likely N-dealkylation sites (tertiary alicyclic amines) is 1. The van der Waals surface area contributed by atoms with Crippen molar-refractivity contribution < 1.29 is 14.4 Å². The molecule has 0 radical (unpaired) electrons. The Morgan fingerprint density at radius 2 is 1.95 bits per heavy atom. The highest BCUT2D eigenvalue weighted by molar-refractivity contribution is 6.30. The van der Waals surface area contributed by atoms with Gasteiger partial charge in [0.15, 0.2) is 0 Å². The van der Waals surface area contributed by atoms with Crippen LogP contribution in [-0.2, 0) is 16.0 Å². The maximum absolute atomic E-state index is 11.8. The Morgan fingerprint density at radius 1 is 1.32 bits per heavy atom. The van der Waals surface area contributed by atoms with E-state index in [-0.39, 0.29) is 12.1 Å². The van der Waals surface area contributed by atoms with E-state index in [2.05, 4.69) is 0 Å². The number of hydrogen-bond acceptors (Lipinski definition) is 2. The van der Waals surface area contributed by atoms with E-state index in [0.29, 0.717) is 11.4 Å². The number of ether oxygens (including phenoxy) is 1. The fourth-order valence-corrected chi connectivity index (χ4v) is 2.69. The molecule has 0 spiro atoms. The maximum Gasteiger partial charge on any atom is 0.310 e. The van der Waals surface area contributed by atoms with Crippen molar-refractivity contribution in [3.05, 3.63) is 34.9 Å². The first-order valence-corrected chi connectivity index (χ1v) is 7.29. The molecule has 1 N–H and O–H groups in total. The molecule has 0 saturated carbocycles. The van der Waals surface area contributed by atoms with E-state index < -0.39 is 0 Å². The number of carbonyl (C=O) groups is 1. The van der Waals surface area contributed by atoms with Crippen LogP contribution in [0.25, 0.3) is 0 Å². The van der Waals surface area contributed by atoms with E-state index in [0.717, 1.165) is 12.1 Å². The number of hydrogen-bond donors (Lipinski definition) is 1. The van der Waals surface area contributed by atoms with E-state index in [1.165, 1.54) is 25.9 Å². The molecule has 1 aromatic rings. The van der Waals surface area contributed by atoms with Gasteiger partial charge in [0, 0.05) is 17.9 Å². The highest BCUT2D eigenvalue weighted by Crippen LogP contribution is 2.10. The monoisotopic (exact) mass is 282 g/mol. The van der Waals surface area contributed by atoms with Crippen molar-refractivity contribution >= 4 is 17.6 Å². The summed E-state index contributed by atoms with van der Waals surface area (Å²) in [6, 6.07) is 7.31. The van der Waals surface area contributed by atoms with E-state index in [9.17, 15) is 4.79 Å². The van der Waals surface area contributed by atoms with Crippen LogP contribution in [0, 0.1) is 0 Å². The molecule has 0 amide bonds. The minimum atomic E-state index is -0.159. The summed E-state index contributed by atoms with van der Waals surface area (Å²) < 4.78 is 5.45. The first-order valence-electron chi connectivity index (χ1n) is 6.91. The molecule has 104 valence electrons. The lowest BCUT2D eigenvalue weighted by Gasteiger charge is -2.18. The second kappa shape index (κ2) is 6.92. The van der Waals surface area contributed by atoms with Crippen LogP contribution in [0.3, 0.4) is 0 Å². The van der Waals surface area contributed by atoms with Gasteiger partial charge in [-0.05, 0) is 24.6 Å². The lowest BCUT2D eigenvalue weighted by atomic mass is 10.1. The van der Waals surface area contributed by atoms with Crippen molar-refractivity contribution in [1.29, 1.82) is 0 Å². The van der Waals surface area contributed by atoms with Crippen LogP contribution in [0.1, 0.15) is 25.3 Å². The molecule has 1 aliphatic heterocycles. The van der Waals surface area contributed by atoms with Crippen molar-refractivity contribution in [3.8, 4) is 0 Å². The Balaban J connectivity index is 1.75. The van der Waals surface area contributed by atoms with Gasteiger partial charge in [-0.1, -0.05) is 23.7 Å². The topological polar surface area (TPSA) is 30.7 Å². The summed E-state index contributed by atoms with van der Waals surface area (Å²) in [5.41, 5.74) is 0.940. The average Bonchev–Trinajstić information content (AvgIpc) is 2.84. The van der Waals surface area contributed by atoms with Crippen LogP contribution in [0.2, 0.25) is 5.02 Å². The van der Waals surface area contributed by atoms with Gasteiger partial charge in [-0.15, -0.1) is 0 Å². The lowest BCUT2D eigenvalue weighted by Crippen LogP contribution is -3.11. The van der Waals surface area contributed by atoms with Crippen molar-refractivity contribution in [2.24, 2.45) is 0 Å².